The van der Waals surface area contributed by atoms with E-state index >= 15 is 0 Å². The maximum Gasteiger partial charge on any atom is 0.319 e. The van der Waals surface area contributed by atoms with Crippen LogP contribution in [-0.4, -0.2) is 12.1 Å². The summed E-state index contributed by atoms with van der Waals surface area (Å²) in [4.78, 5) is 12.2. The Balaban J connectivity index is 2.04. The molecule has 0 radical (unpaired) electrons. The molecular weight excluding hydrogens is 321 g/mol. The highest BCUT2D eigenvalue weighted by molar-refractivity contribution is 5.91. The number of nitrogens with one attached hydrogen (secondary N) is 2. The Morgan fingerprint density at radius 1 is 1.20 bits per heavy atom. The molecule has 1 unspecified atom stereocenters. The van der Waals surface area contributed by atoms with Crippen LogP contribution in [0.3, 0.4) is 0 Å². The number of ether oxygens (including phenoxy) is 1. The Kier molecular flexibility index (Phi) is 5.96. The second kappa shape index (κ2) is 8.15. The number of carbonyl (C=O) groups excluding carboxylic acids is 1. The van der Waals surface area contributed by atoms with Crippen molar-refractivity contribution in [3.8, 4) is 11.8 Å². The van der Waals surface area contributed by atoms with Gasteiger partial charge in [0, 0.05) is 0 Å². The SMILES string of the molecule is CC(C)Oc1cccc(C(C)NC(=O)Nc2ccc(F)cc2C#N)c1. The molecule has 0 aliphatic rings. The number of halogens is 1. The topological polar surface area (TPSA) is 74.2 Å². The lowest BCUT2D eigenvalue weighted by molar-refractivity contribution is 0.241. The molecule has 0 saturated heterocycles. The van der Waals surface area contributed by atoms with Crippen LogP contribution in [0, 0.1) is 17.1 Å². The van der Waals surface area contributed by atoms with E-state index in [1.807, 2.05) is 51.1 Å². The minimum Gasteiger partial charge on any atom is -0.491 e. The van der Waals surface area contributed by atoms with Gasteiger partial charge in [-0.3, -0.25) is 0 Å². The summed E-state index contributed by atoms with van der Waals surface area (Å²) in [5.41, 5.74) is 1.20. The molecule has 2 rings (SSSR count). The predicted octanol–water partition coefficient (Wildman–Crippen LogP) is 4.37. The van der Waals surface area contributed by atoms with Crippen LogP contribution < -0.4 is 15.4 Å². The van der Waals surface area contributed by atoms with E-state index < -0.39 is 11.8 Å². The Hall–Kier alpha value is -3.07. The molecule has 0 aliphatic carbocycles. The zero-order valence-corrected chi connectivity index (χ0v) is 14.3. The first kappa shape index (κ1) is 18.3. The highest BCUT2D eigenvalue weighted by atomic mass is 19.1. The maximum absolute atomic E-state index is 13.1. The second-order valence-corrected chi connectivity index (χ2v) is 5.86. The number of rotatable bonds is 5. The number of nitrogens with zero attached hydrogens (tertiary/aromatic N) is 1. The van der Waals surface area contributed by atoms with Crippen molar-refractivity contribution < 1.29 is 13.9 Å². The van der Waals surface area contributed by atoms with Gasteiger partial charge in [0.1, 0.15) is 17.6 Å². The monoisotopic (exact) mass is 341 g/mol. The van der Waals surface area contributed by atoms with Crippen molar-refractivity contribution in [2.45, 2.75) is 32.9 Å². The molecule has 0 spiro atoms. The van der Waals surface area contributed by atoms with Gasteiger partial charge in [0.25, 0.3) is 0 Å². The van der Waals surface area contributed by atoms with Gasteiger partial charge < -0.3 is 15.4 Å². The van der Waals surface area contributed by atoms with E-state index in [4.69, 9.17) is 10.00 Å². The highest BCUT2D eigenvalue weighted by Crippen LogP contribution is 2.21. The average Bonchev–Trinajstić information content (AvgIpc) is 2.56. The predicted molar refractivity (Wildman–Crippen MR) is 93.9 cm³/mol. The van der Waals surface area contributed by atoms with Crippen molar-refractivity contribution in [3.63, 3.8) is 0 Å². The summed E-state index contributed by atoms with van der Waals surface area (Å²) in [7, 11) is 0. The molecule has 0 bridgehead atoms. The molecule has 130 valence electrons. The van der Waals surface area contributed by atoms with Gasteiger partial charge in [-0.1, -0.05) is 12.1 Å². The molecule has 0 aromatic heterocycles. The number of hydrogen-bond donors (Lipinski definition) is 2. The largest absolute Gasteiger partial charge is 0.491 e. The summed E-state index contributed by atoms with van der Waals surface area (Å²) in [5.74, 6) is 0.199. The fraction of sp³-hybridized carbons (Fsp3) is 0.263. The quantitative estimate of drug-likeness (QED) is 0.848. The number of urea groups is 1. The summed E-state index contributed by atoms with van der Waals surface area (Å²) >= 11 is 0. The fourth-order valence-electron chi connectivity index (χ4n) is 2.29. The molecule has 2 aromatic carbocycles. The molecule has 2 aromatic rings. The fourth-order valence-corrected chi connectivity index (χ4v) is 2.29. The lowest BCUT2D eigenvalue weighted by atomic mass is 10.1. The van der Waals surface area contributed by atoms with Crippen molar-refractivity contribution >= 4 is 11.7 Å². The Labute approximate surface area is 146 Å². The number of hydrogen-bond acceptors (Lipinski definition) is 3. The minimum atomic E-state index is -0.530. The van der Waals surface area contributed by atoms with E-state index in [1.54, 1.807) is 0 Å². The molecule has 0 aliphatic heterocycles. The summed E-state index contributed by atoms with van der Waals surface area (Å²) in [6, 6.07) is 12.2. The van der Waals surface area contributed by atoms with Gasteiger partial charge in [0.05, 0.1) is 23.4 Å². The molecule has 0 saturated carbocycles. The molecular formula is C19H20FN3O2. The van der Waals surface area contributed by atoms with Crippen LogP contribution in [-0.2, 0) is 0 Å². The molecule has 0 heterocycles. The van der Waals surface area contributed by atoms with Crippen molar-refractivity contribution in [1.29, 1.82) is 5.26 Å². The van der Waals surface area contributed by atoms with Crippen molar-refractivity contribution in [2.24, 2.45) is 0 Å². The lowest BCUT2D eigenvalue weighted by Crippen LogP contribution is -2.31. The Bertz CT molecular complexity index is 799. The van der Waals surface area contributed by atoms with E-state index in [0.717, 1.165) is 17.4 Å². The lowest BCUT2D eigenvalue weighted by Gasteiger charge is -2.17. The number of benzene rings is 2. The van der Waals surface area contributed by atoms with Crippen molar-refractivity contribution in [1.82, 2.24) is 5.32 Å². The first-order valence-corrected chi connectivity index (χ1v) is 7.93. The zero-order chi connectivity index (χ0) is 18.4. The van der Waals surface area contributed by atoms with E-state index in [-0.39, 0.29) is 23.4 Å². The molecule has 5 nitrogen and oxygen atoms in total. The molecule has 0 fully saturated rings. The molecule has 1 atom stereocenters. The van der Waals surface area contributed by atoms with Crippen molar-refractivity contribution in [3.05, 3.63) is 59.4 Å². The van der Waals surface area contributed by atoms with Crippen LogP contribution in [0.15, 0.2) is 42.5 Å². The standard InChI is InChI=1S/C19H20FN3O2/c1-12(2)25-17-6-4-5-14(10-17)13(3)22-19(24)23-18-8-7-16(20)9-15(18)11-21/h4-10,12-13H,1-3H3,(H2,22,23,24). The smallest absolute Gasteiger partial charge is 0.319 e. The van der Waals surface area contributed by atoms with Crippen LogP contribution in [0.25, 0.3) is 0 Å². The Morgan fingerprint density at radius 3 is 2.64 bits per heavy atom. The third-order valence-electron chi connectivity index (χ3n) is 3.43. The molecule has 2 N–H and O–H groups in total. The van der Waals surface area contributed by atoms with Gasteiger partial charge in [-0.25, -0.2) is 9.18 Å². The van der Waals surface area contributed by atoms with Crippen LogP contribution in [0.4, 0.5) is 14.9 Å². The second-order valence-electron chi connectivity index (χ2n) is 5.86. The van der Waals surface area contributed by atoms with Gasteiger partial charge in [-0.15, -0.1) is 0 Å². The van der Waals surface area contributed by atoms with Gasteiger partial charge in [-0.2, -0.15) is 5.26 Å². The summed E-state index contributed by atoms with van der Waals surface area (Å²) < 4.78 is 18.8. The third kappa shape index (κ3) is 5.21. The third-order valence-corrected chi connectivity index (χ3v) is 3.43. The van der Waals surface area contributed by atoms with Crippen LogP contribution in [0.1, 0.15) is 37.9 Å². The van der Waals surface area contributed by atoms with E-state index in [9.17, 15) is 9.18 Å². The van der Waals surface area contributed by atoms with E-state index in [2.05, 4.69) is 10.6 Å². The molecule has 2 amide bonds. The number of nitriles is 1. The van der Waals surface area contributed by atoms with Crippen LogP contribution >= 0.6 is 0 Å². The average molecular weight is 341 g/mol. The first-order valence-electron chi connectivity index (χ1n) is 7.93. The molecule has 25 heavy (non-hydrogen) atoms. The van der Waals surface area contributed by atoms with Crippen molar-refractivity contribution in [2.75, 3.05) is 5.32 Å². The van der Waals surface area contributed by atoms with Crippen LogP contribution in [0.2, 0.25) is 0 Å². The maximum atomic E-state index is 13.1. The van der Waals surface area contributed by atoms with Gasteiger partial charge >= 0.3 is 6.03 Å². The van der Waals surface area contributed by atoms with E-state index in [0.29, 0.717) is 0 Å². The zero-order valence-electron chi connectivity index (χ0n) is 14.3. The number of amides is 2. The summed E-state index contributed by atoms with van der Waals surface area (Å²) in [6.07, 6.45) is 0.0599. The summed E-state index contributed by atoms with van der Waals surface area (Å²) in [6.45, 7) is 5.72. The van der Waals surface area contributed by atoms with E-state index in [1.165, 1.54) is 12.1 Å². The van der Waals surface area contributed by atoms with Gasteiger partial charge in [-0.05, 0) is 56.7 Å². The summed E-state index contributed by atoms with van der Waals surface area (Å²) in [5, 5.41) is 14.4. The number of carbonyl (C=O) groups is 1. The Morgan fingerprint density at radius 2 is 1.96 bits per heavy atom. The molecule has 6 heteroatoms. The van der Waals surface area contributed by atoms with Gasteiger partial charge in [0.15, 0.2) is 0 Å². The normalized spacial score (nSPS) is 11.5. The highest BCUT2D eigenvalue weighted by Gasteiger charge is 2.13. The van der Waals surface area contributed by atoms with Crippen LogP contribution in [0.5, 0.6) is 5.75 Å². The first-order chi connectivity index (χ1) is 11.9. The van der Waals surface area contributed by atoms with Gasteiger partial charge in [0.2, 0.25) is 0 Å². The minimum absolute atomic E-state index is 0.0599. The number of anilines is 1.